The number of Topliss-reactive ketones (excluding diaryl/α,β-unsaturated/α-hetero) is 1. The number of aromatic nitrogens is 3. The van der Waals surface area contributed by atoms with Gasteiger partial charge in [-0.3, -0.25) is 9.78 Å². The zero-order valence-electron chi connectivity index (χ0n) is 15.7. The van der Waals surface area contributed by atoms with Crippen molar-refractivity contribution >= 4 is 11.8 Å². The Labute approximate surface area is 171 Å². The number of para-hydroxylation sites is 1. The first-order chi connectivity index (χ1) is 14.6. The smallest absolute Gasteiger partial charge is 0.342 e. The van der Waals surface area contributed by atoms with E-state index in [4.69, 9.17) is 4.74 Å². The van der Waals surface area contributed by atoms with Gasteiger partial charge in [-0.25, -0.2) is 13.9 Å². The topological polar surface area (TPSA) is 74.1 Å². The Bertz CT molecular complexity index is 1190. The maximum Gasteiger partial charge on any atom is 0.342 e. The number of ketones is 1. The third kappa shape index (κ3) is 4.00. The van der Waals surface area contributed by atoms with Gasteiger partial charge in [-0.2, -0.15) is 5.10 Å². The molecule has 0 N–H and O–H groups in total. The van der Waals surface area contributed by atoms with Crippen LogP contribution in [-0.2, 0) is 4.74 Å². The molecule has 0 bridgehead atoms. The van der Waals surface area contributed by atoms with Crippen molar-refractivity contribution < 1.29 is 18.7 Å². The van der Waals surface area contributed by atoms with Gasteiger partial charge in [0.05, 0.1) is 11.3 Å². The van der Waals surface area contributed by atoms with Gasteiger partial charge in [-0.15, -0.1) is 0 Å². The molecule has 0 fully saturated rings. The molecule has 0 aliphatic rings. The van der Waals surface area contributed by atoms with Crippen molar-refractivity contribution in [1.29, 1.82) is 0 Å². The summed E-state index contributed by atoms with van der Waals surface area (Å²) in [5.74, 6) is -2.02. The summed E-state index contributed by atoms with van der Waals surface area (Å²) in [4.78, 5) is 29.1. The first kappa shape index (κ1) is 19.2. The number of carbonyl (C=O) groups excluding carboxylic acids is 2. The van der Waals surface area contributed by atoms with Crippen LogP contribution in [0.5, 0.6) is 0 Å². The van der Waals surface area contributed by atoms with Crippen molar-refractivity contribution in [2.75, 3.05) is 6.61 Å². The lowest BCUT2D eigenvalue weighted by atomic mass is 10.1. The van der Waals surface area contributed by atoms with E-state index in [1.54, 1.807) is 35.3 Å². The lowest BCUT2D eigenvalue weighted by Gasteiger charge is -2.05. The van der Waals surface area contributed by atoms with Crippen LogP contribution in [0.2, 0.25) is 0 Å². The van der Waals surface area contributed by atoms with E-state index >= 15 is 0 Å². The van der Waals surface area contributed by atoms with E-state index in [2.05, 4.69) is 10.1 Å². The Morgan fingerprint density at radius 1 is 0.933 bits per heavy atom. The molecule has 0 amide bonds. The molecule has 0 aliphatic carbocycles. The summed E-state index contributed by atoms with van der Waals surface area (Å²) in [7, 11) is 0. The van der Waals surface area contributed by atoms with E-state index in [0.29, 0.717) is 11.3 Å². The zero-order chi connectivity index (χ0) is 20.9. The Kier molecular flexibility index (Phi) is 5.43. The summed E-state index contributed by atoms with van der Waals surface area (Å²) >= 11 is 0. The second-order valence-corrected chi connectivity index (χ2v) is 6.39. The molecule has 0 saturated heterocycles. The van der Waals surface area contributed by atoms with Gasteiger partial charge in [-0.1, -0.05) is 30.3 Å². The number of ether oxygens (including phenoxy) is 1. The average Bonchev–Trinajstić information content (AvgIpc) is 3.24. The van der Waals surface area contributed by atoms with Crippen molar-refractivity contribution in [1.82, 2.24) is 14.8 Å². The molecule has 0 unspecified atom stereocenters. The standard InChI is InChI=1S/C23H16FN3O3/c24-20-11-5-4-10-18(20)21(28)15-30-23(29)19-14-27(17-8-2-1-3-9-17)26-22(19)16-7-6-12-25-13-16/h1-14H,15H2. The number of hydrogen-bond acceptors (Lipinski definition) is 5. The highest BCUT2D eigenvalue weighted by molar-refractivity contribution is 6.01. The van der Waals surface area contributed by atoms with Crippen LogP contribution < -0.4 is 0 Å². The summed E-state index contributed by atoms with van der Waals surface area (Å²) in [5, 5.41) is 4.50. The summed E-state index contributed by atoms with van der Waals surface area (Å²) in [5.41, 5.74) is 1.80. The van der Waals surface area contributed by atoms with Crippen molar-refractivity contribution in [3.63, 3.8) is 0 Å². The molecule has 6 nitrogen and oxygen atoms in total. The van der Waals surface area contributed by atoms with Crippen molar-refractivity contribution in [2.24, 2.45) is 0 Å². The van der Waals surface area contributed by atoms with Gasteiger partial charge < -0.3 is 4.74 Å². The number of benzene rings is 2. The molecular weight excluding hydrogens is 385 g/mol. The van der Waals surface area contributed by atoms with Crippen LogP contribution in [0.1, 0.15) is 20.7 Å². The first-order valence-corrected chi connectivity index (χ1v) is 9.14. The second kappa shape index (κ2) is 8.48. The number of esters is 1. The van der Waals surface area contributed by atoms with Crippen molar-refractivity contribution in [3.8, 4) is 16.9 Å². The normalized spacial score (nSPS) is 10.6. The molecule has 2 aromatic carbocycles. The first-order valence-electron chi connectivity index (χ1n) is 9.14. The summed E-state index contributed by atoms with van der Waals surface area (Å²) in [6, 6.07) is 18.3. The predicted octanol–water partition coefficient (Wildman–Crippen LogP) is 4.11. The van der Waals surface area contributed by atoms with Crippen LogP contribution in [0.3, 0.4) is 0 Å². The highest BCUT2D eigenvalue weighted by Crippen LogP contribution is 2.24. The second-order valence-electron chi connectivity index (χ2n) is 6.39. The van der Waals surface area contributed by atoms with Crippen molar-refractivity contribution in [3.05, 3.63) is 102 Å². The van der Waals surface area contributed by atoms with Crippen LogP contribution in [0.25, 0.3) is 16.9 Å². The van der Waals surface area contributed by atoms with Gasteiger partial charge in [0.2, 0.25) is 5.78 Å². The highest BCUT2D eigenvalue weighted by atomic mass is 19.1. The molecule has 7 heteroatoms. The summed E-state index contributed by atoms with van der Waals surface area (Å²) < 4.78 is 20.5. The van der Waals surface area contributed by atoms with Gasteiger partial charge in [0.25, 0.3) is 0 Å². The quantitative estimate of drug-likeness (QED) is 0.359. The molecule has 0 spiro atoms. The minimum Gasteiger partial charge on any atom is -0.454 e. The van der Waals surface area contributed by atoms with Gasteiger partial charge in [0, 0.05) is 24.2 Å². The fourth-order valence-corrected chi connectivity index (χ4v) is 2.93. The lowest BCUT2D eigenvalue weighted by molar-refractivity contribution is 0.0474. The molecular formula is C23H16FN3O3. The van der Waals surface area contributed by atoms with Crippen LogP contribution >= 0.6 is 0 Å². The molecule has 148 valence electrons. The summed E-state index contributed by atoms with van der Waals surface area (Å²) in [6.07, 6.45) is 4.73. The third-order valence-electron chi connectivity index (χ3n) is 4.40. The number of halogens is 1. The van der Waals surface area contributed by atoms with Gasteiger partial charge in [0.15, 0.2) is 6.61 Å². The van der Waals surface area contributed by atoms with E-state index in [1.165, 1.54) is 24.4 Å². The van der Waals surface area contributed by atoms with Gasteiger partial charge in [0.1, 0.15) is 17.1 Å². The average molecular weight is 401 g/mol. The minimum atomic E-state index is -0.735. The molecule has 2 aromatic heterocycles. The largest absolute Gasteiger partial charge is 0.454 e. The molecule has 0 saturated carbocycles. The Balaban J connectivity index is 1.62. The molecule has 4 rings (SSSR count). The van der Waals surface area contributed by atoms with Crippen molar-refractivity contribution in [2.45, 2.75) is 0 Å². The number of pyridine rings is 1. The molecule has 0 radical (unpaired) electrons. The minimum absolute atomic E-state index is 0.127. The predicted molar refractivity (Wildman–Crippen MR) is 108 cm³/mol. The van der Waals surface area contributed by atoms with Crippen LogP contribution in [0.4, 0.5) is 4.39 Å². The lowest BCUT2D eigenvalue weighted by Crippen LogP contribution is -2.15. The SMILES string of the molecule is O=C(COC(=O)c1cn(-c2ccccc2)nc1-c1cccnc1)c1ccccc1F. The maximum absolute atomic E-state index is 13.8. The number of nitrogens with zero attached hydrogens (tertiary/aromatic N) is 3. The monoisotopic (exact) mass is 401 g/mol. The van der Waals surface area contributed by atoms with E-state index in [-0.39, 0.29) is 11.1 Å². The molecule has 30 heavy (non-hydrogen) atoms. The Morgan fingerprint density at radius 2 is 1.70 bits per heavy atom. The molecule has 2 heterocycles. The van der Waals surface area contributed by atoms with E-state index in [0.717, 1.165) is 5.69 Å². The fraction of sp³-hybridized carbons (Fsp3) is 0.0435. The van der Waals surface area contributed by atoms with Crippen LogP contribution in [-0.4, -0.2) is 33.1 Å². The maximum atomic E-state index is 13.8. The van der Waals surface area contributed by atoms with Gasteiger partial charge >= 0.3 is 5.97 Å². The summed E-state index contributed by atoms with van der Waals surface area (Å²) in [6.45, 7) is -0.581. The highest BCUT2D eigenvalue weighted by Gasteiger charge is 2.22. The third-order valence-corrected chi connectivity index (χ3v) is 4.40. The number of hydrogen-bond donors (Lipinski definition) is 0. The Hall–Kier alpha value is -4.13. The Morgan fingerprint density at radius 3 is 2.43 bits per heavy atom. The molecule has 4 aromatic rings. The van der Waals surface area contributed by atoms with E-state index in [9.17, 15) is 14.0 Å². The van der Waals surface area contributed by atoms with E-state index in [1.807, 2.05) is 30.3 Å². The van der Waals surface area contributed by atoms with Crippen LogP contribution in [0, 0.1) is 5.82 Å². The zero-order valence-corrected chi connectivity index (χ0v) is 15.7. The number of rotatable bonds is 6. The number of carbonyl (C=O) groups is 2. The van der Waals surface area contributed by atoms with E-state index < -0.39 is 24.2 Å². The fourth-order valence-electron chi connectivity index (χ4n) is 2.93. The molecule has 0 aliphatic heterocycles. The molecule has 0 atom stereocenters. The van der Waals surface area contributed by atoms with Gasteiger partial charge in [-0.05, 0) is 36.4 Å². The van der Waals surface area contributed by atoms with Crippen LogP contribution in [0.15, 0.2) is 85.3 Å².